The maximum absolute atomic E-state index is 13.3. The van der Waals surface area contributed by atoms with E-state index in [2.05, 4.69) is 16.0 Å². The van der Waals surface area contributed by atoms with Gasteiger partial charge in [0.1, 0.15) is 18.1 Å². The molecule has 0 radical (unpaired) electrons. The lowest BCUT2D eigenvalue weighted by molar-refractivity contribution is -0.144. The number of nitrogens with one attached hydrogen (secondary N) is 3. The molecular weight excluding hydrogens is 524 g/mol. The number of carboxylic acids is 3. The molecule has 13 heteroatoms. The van der Waals surface area contributed by atoms with Crippen LogP contribution in [0.25, 0.3) is 0 Å². The van der Waals surface area contributed by atoms with Crippen molar-refractivity contribution >= 4 is 35.6 Å². The Hall–Kier alpha value is -4.78. The Morgan fingerprint density at radius 2 is 1.10 bits per heavy atom. The second-order valence-electron chi connectivity index (χ2n) is 9.04. The zero-order valence-corrected chi connectivity index (χ0v) is 21.5. The van der Waals surface area contributed by atoms with Gasteiger partial charge in [-0.2, -0.15) is 0 Å². The molecule has 0 fully saturated rings. The van der Waals surface area contributed by atoms with E-state index in [9.17, 15) is 39.0 Å². The number of carboxylic acid groups (broad SMARTS) is 3. The number of rotatable bonds is 16. The van der Waals surface area contributed by atoms with E-state index in [1.54, 1.807) is 54.6 Å². The van der Waals surface area contributed by atoms with Crippen molar-refractivity contribution in [2.75, 3.05) is 0 Å². The van der Waals surface area contributed by atoms with Crippen molar-refractivity contribution in [2.45, 2.75) is 56.3 Å². The third kappa shape index (κ3) is 10.9. The third-order valence-electron chi connectivity index (χ3n) is 5.82. The van der Waals surface area contributed by atoms with E-state index in [1.807, 2.05) is 6.07 Å². The standard InChI is InChI=1S/C27H32N4O9/c28-18(13-16-7-3-1-4-8-16)24(36)30-20(14-17-9-5-2-6-10-17)25(37)31-21(15-23(34)35)26(38)29-19(27(39)40)11-12-22(32)33/h1-10,18-21H,11-15,28H2,(H,29,38)(H,30,36)(H,31,37)(H,32,33)(H,34,35)(H,39,40). The van der Waals surface area contributed by atoms with Gasteiger partial charge in [-0.25, -0.2) is 4.79 Å². The van der Waals surface area contributed by atoms with Crippen LogP contribution < -0.4 is 21.7 Å². The van der Waals surface area contributed by atoms with Crippen molar-refractivity contribution in [1.82, 2.24) is 16.0 Å². The highest BCUT2D eigenvalue weighted by Crippen LogP contribution is 2.08. The van der Waals surface area contributed by atoms with Crippen molar-refractivity contribution < 1.29 is 44.1 Å². The number of hydrogen-bond donors (Lipinski definition) is 7. The molecule has 0 aliphatic heterocycles. The van der Waals surface area contributed by atoms with Crippen molar-refractivity contribution in [3.05, 3.63) is 71.8 Å². The molecule has 2 aromatic rings. The van der Waals surface area contributed by atoms with Gasteiger partial charge < -0.3 is 37.0 Å². The summed E-state index contributed by atoms with van der Waals surface area (Å²) in [5, 5.41) is 34.3. The second-order valence-corrected chi connectivity index (χ2v) is 9.04. The fraction of sp³-hybridized carbons (Fsp3) is 0.333. The summed E-state index contributed by atoms with van der Waals surface area (Å²) in [7, 11) is 0. The Labute approximate surface area is 229 Å². The zero-order chi connectivity index (χ0) is 29.7. The summed E-state index contributed by atoms with van der Waals surface area (Å²) in [6, 6.07) is 11.9. The number of amides is 3. The first-order valence-corrected chi connectivity index (χ1v) is 12.4. The van der Waals surface area contributed by atoms with Crippen LogP contribution in [0.2, 0.25) is 0 Å². The van der Waals surface area contributed by atoms with Crippen LogP contribution in [0.15, 0.2) is 60.7 Å². The molecule has 8 N–H and O–H groups in total. The molecule has 0 saturated heterocycles. The molecule has 0 aliphatic carbocycles. The van der Waals surface area contributed by atoms with E-state index in [-0.39, 0.29) is 12.8 Å². The molecule has 4 unspecified atom stereocenters. The summed E-state index contributed by atoms with van der Waals surface area (Å²) in [4.78, 5) is 72.6. The molecule has 214 valence electrons. The summed E-state index contributed by atoms with van der Waals surface area (Å²) < 4.78 is 0. The highest BCUT2D eigenvalue weighted by atomic mass is 16.4. The summed E-state index contributed by atoms with van der Waals surface area (Å²) >= 11 is 0. The minimum absolute atomic E-state index is 0.0196. The highest BCUT2D eigenvalue weighted by molar-refractivity contribution is 5.95. The maximum atomic E-state index is 13.3. The molecule has 0 aliphatic rings. The van der Waals surface area contributed by atoms with E-state index in [4.69, 9.17) is 10.8 Å². The molecule has 0 aromatic heterocycles. The topological polar surface area (TPSA) is 225 Å². The fourth-order valence-electron chi connectivity index (χ4n) is 3.75. The second kappa shape index (κ2) is 15.6. The molecule has 0 saturated carbocycles. The Morgan fingerprint density at radius 1 is 0.625 bits per heavy atom. The summed E-state index contributed by atoms with van der Waals surface area (Å²) in [6.07, 6.45) is -1.77. The molecule has 0 bridgehead atoms. The predicted molar refractivity (Wildman–Crippen MR) is 141 cm³/mol. The van der Waals surface area contributed by atoms with Crippen molar-refractivity contribution in [3.63, 3.8) is 0 Å². The molecule has 4 atom stereocenters. The normalized spacial score (nSPS) is 13.6. The smallest absolute Gasteiger partial charge is 0.326 e. The van der Waals surface area contributed by atoms with Gasteiger partial charge in [-0.15, -0.1) is 0 Å². The predicted octanol–water partition coefficient (Wildman–Crippen LogP) is -0.322. The van der Waals surface area contributed by atoms with Gasteiger partial charge in [0.15, 0.2) is 0 Å². The van der Waals surface area contributed by atoms with Crippen molar-refractivity contribution in [3.8, 4) is 0 Å². The van der Waals surface area contributed by atoms with Gasteiger partial charge in [0.25, 0.3) is 0 Å². The van der Waals surface area contributed by atoms with Crippen LogP contribution in [-0.4, -0.2) is 75.1 Å². The first-order valence-electron chi connectivity index (χ1n) is 12.4. The Bertz CT molecular complexity index is 1190. The Kier molecular flexibility index (Phi) is 12.3. The molecule has 0 spiro atoms. The Balaban J connectivity index is 2.20. The van der Waals surface area contributed by atoms with E-state index in [0.29, 0.717) is 5.56 Å². The van der Waals surface area contributed by atoms with Gasteiger partial charge in [0.05, 0.1) is 12.5 Å². The van der Waals surface area contributed by atoms with E-state index < -0.39 is 79.1 Å². The SMILES string of the molecule is NC(Cc1ccccc1)C(=O)NC(Cc1ccccc1)C(=O)NC(CC(=O)O)C(=O)NC(CCC(=O)O)C(=O)O. The van der Waals surface area contributed by atoms with Crippen molar-refractivity contribution in [2.24, 2.45) is 5.73 Å². The van der Waals surface area contributed by atoms with Crippen LogP contribution in [0.1, 0.15) is 30.4 Å². The van der Waals surface area contributed by atoms with Gasteiger partial charge in [-0.1, -0.05) is 60.7 Å². The van der Waals surface area contributed by atoms with Crippen LogP contribution in [0.5, 0.6) is 0 Å². The average Bonchev–Trinajstić information content (AvgIpc) is 2.90. The van der Waals surface area contributed by atoms with Crippen molar-refractivity contribution in [1.29, 1.82) is 0 Å². The number of carbonyl (C=O) groups is 6. The average molecular weight is 557 g/mol. The summed E-state index contributed by atoms with van der Waals surface area (Å²) in [5.41, 5.74) is 7.50. The lowest BCUT2D eigenvalue weighted by Gasteiger charge is -2.24. The number of carbonyl (C=O) groups excluding carboxylic acids is 3. The minimum atomic E-state index is -1.72. The lowest BCUT2D eigenvalue weighted by Crippen LogP contribution is -2.58. The van der Waals surface area contributed by atoms with Crippen LogP contribution in [-0.2, 0) is 41.6 Å². The number of benzene rings is 2. The van der Waals surface area contributed by atoms with Crippen LogP contribution in [0.3, 0.4) is 0 Å². The van der Waals surface area contributed by atoms with Gasteiger partial charge >= 0.3 is 17.9 Å². The number of nitrogens with two attached hydrogens (primary N) is 1. The molecule has 13 nitrogen and oxygen atoms in total. The first kappa shape index (κ1) is 31.4. The minimum Gasteiger partial charge on any atom is -0.481 e. The first-order chi connectivity index (χ1) is 19.0. The van der Waals surface area contributed by atoms with E-state index in [1.165, 1.54) is 0 Å². The van der Waals surface area contributed by atoms with Gasteiger partial charge in [-0.05, 0) is 24.0 Å². The van der Waals surface area contributed by atoms with Gasteiger partial charge in [0.2, 0.25) is 17.7 Å². The quantitative estimate of drug-likeness (QED) is 0.143. The summed E-state index contributed by atoms with van der Waals surface area (Å²) in [6.45, 7) is 0. The summed E-state index contributed by atoms with van der Waals surface area (Å²) in [5.74, 6) is -6.98. The van der Waals surface area contributed by atoms with Gasteiger partial charge in [0, 0.05) is 12.8 Å². The zero-order valence-electron chi connectivity index (χ0n) is 21.5. The fourth-order valence-corrected chi connectivity index (χ4v) is 3.75. The maximum Gasteiger partial charge on any atom is 0.326 e. The number of hydrogen-bond acceptors (Lipinski definition) is 7. The van der Waals surface area contributed by atoms with Crippen LogP contribution in [0, 0.1) is 0 Å². The lowest BCUT2D eigenvalue weighted by atomic mass is 10.0. The highest BCUT2D eigenvalue weighted by Gasteiger charge is 2.32. The molecular formula is C27H32N4O9. The molecule has 3 amide bonds. The molecule has 40 heavy (non-hydrogen) atoms. The van der Waals surface area contributed by atoms with Crippen LogP contribution in [0.4, 0.5) is 0 Å². The van der Waals surface area contributed by atoms with Gasteiger partial charge in [-0.3, -0.25) is 24.0 Å². The van der Waals surface area contributed by atoms with Crippen LogP contribution >= 0.6 is 0 Å². The Morgan fingerprint density at radius 3 is 1.60 bits per heavy atom. The molecule has 0 heterocycles. The monoisotopic (exact) mass is 556 g/mol. The molecule has 2 rings (SSSR count). The largest absolute Gasteiger partial charge is 0.481 e. The number of aliphatic carboxylic acids is 3. The van der Waals surface area contributed by atoms with E-state index in [0.717, 1.165) is 5.56 Å². The third-order valence-corrected chi connectivity index (χ3v) is 5.82. The van der Waals surface area contributed by atoms with E-state index >= 15 is 0 Å². The molecule has 2 aromatic carbocycles.